The molecule has 2 aliphatic carbocycles. The number of nitrogens with zero attached hydrogens (tertiary/aromatic N) is 8. The van der Waals surface area contributed by atoms with Crippen LogP contribution in [0.3, 0.4) is 0 Å². The summed E-state index contributed by atoms with van der Waals surface area (Å²) in [4.78, 5) is 43.7. The SMILES string of the molecule is COCC(C)(C)c1c(-c2ccc(C(=O)O)nc2C)c2cc3[nH]ncc3cc2n1-c1ccc(F)cc1.COCC(C)(C)c1c(-c2ccc(C(=O)O)nc2OC2CCC2)c2cc3[nH]ncc3cc2n1-c1ccc(F)cc1.COCC1(c2c(-c3ccc(C(=O)O)cc3)c3cc4[nH]ncc4cc3n2-c2ccc(F)cc2)CCC1. The van der Waals surface area contributed by atoms with Crippen LogP contribution in [0.1, 0.15) is 120 Å². The van der Waals surface area contributed by atoms with Gasteiger partial charge in [-0.2, -0.15) is 15.3 Å². The number of nitrogens with one attached hydrogen (secondary N) is 3. The smallest absolute Gasteiger partial charge is 0.354 e. The Hall–Kier alpha value is -12.3. The third-order valence-corrected chi connectivity index (χ3v) is 21.0. The lowest BCUT2D eigenvalue weighted by molar-refractivity contribution is 0.0677. The second-order valence-electron chi connectivity index (χ2n) is 29.3. The molecule has 2 fully saturated rings. The number of rotatable bonds is 20. The minimum atomic E-state index is -1.12. The Morgan fingerprint density at radius 2 is 0.927 bits per heavy atom. The monoisotopic (exact) mass is 1470 g/mol. The Kier molecular flexibility index (Phi) is 19.1. The summed E-state index contributed by atoms with van der Waals surface area (Å²) < 4.78 is 71.6. The van der Waals surface area contributed by atoms with Crippen molar-refractivity contribution in [2.24, 2.45) is 0 Å². The van der Waals surface area contributed by atoms with Crippen molar-refractivity contribution in [1.29, 1.82) is 0 Å². The number of ether oxygens (including phenoxy) is 4. The second kappa shape index (κ2) is 28.8. The molecule has 0 spiro atoms. The summed E-state index contributed by atoms with van der Waals surface area (Å²) in [6.07, 6.45) is 11.2. The third-order valence-electron chi connectivity index (χ3n) is 21.0. The van der Waals surface area contributed by atoms with Crippen LogP contribution >= 0.6 is 0 Å². The molecule has 21 nitrogen and oxygen atoms in total. The molecule has 554 valence electrons. The van der Waals surface area contributed by atoms with Gasteiger partial charge in [0.15, 0.2) is 5.69 Å². The highest BCUT2D eigenvalue weighted by molar-refractivity contribution is 6.09. The van der Waals surface area contributed by atoms with E-state index < -0.39 is 28.7 Å². The topological polar surface area (TPSA) is 275 Å². The number of carboxylic acid groups (broad SMARTS) is 3. The summed E-state index contributed by atoms with van der Waals surface area (Å²) in [5.41, 5.74) is 15.6. The first kappa shape index (κ1) is 72.3. The van der Waals surface area contributed by atoms with Crippen molar-refractivity contribution in [3.8, 4) is 56.3 Å². The summed E-state index contributed by atoms with van der Waals surface area (Å²) in [6, 6.07) is 45.4. The van der Waals surface area contributed by atoms with Gasteiger partial charge in [0.05, 0.1) is 77.1 Å². The van der Waals surface area contributed by atoms with Crippen LogP contribution in [0.5, 0.6) is 5.88 Å². The van der Waals surface area contributed by atoms with Crippen LogP contribution in [-0.2, 0) is 30.5 Å². The summed E-state index contributed by atoms with van der Waals surface area (Å²) in [6.45, 7) is 11.6. The fraction of sp³-hybridized carbons (Fsp3) is 0.247. The molecule has 0 atom stereocenters. The molecule has 0 aliphatic heterocycles. The number of H-pyrrole nitrogens is 3. The number of benzene rings is 7. The van der Waals surface area contributed by atoms with E-state index in [2.05, 4.69) is 106 Å². The molecule has 2 saturated carbocycles. The van der Waals surface area contributed by atoms with Gasteiger partial charge in [0.1, 0.15) is 29.2 Å². The first-order chi connectivity index (χ1) is 52.5. The zero-order valence-corrected chi connectivity index (χ0v) is 61.1. The molecule has 0 saturated heterocycles. The summed E-state index contributed by atoms with van der Waals surface area (Å²) in [7, 11) is 5.05. The Labute approximate surface area is 622 Å². The van der Waals surface area contributed by atoms with Gasteiger partial charge in [-0.15, -0.1) is 0 Å². The lowest BCUT2D eigenvalue weighted by Crippen LogP contribution is -2.40. The number of carboxylic acids is 3. The van der Waals surface area contributed by atoms with Crippen LogP contribution in [0.4, 0.5) is 13.2 Å². The van der Waals surface area contributed by atoms with Gasteiger partial charge in [0.2, 0.25) is 5.88 Å². The lowest BCUT2D eigenvalue weighted by Gasteiger charge is -2.43. The Bertz CT molecular complexity index is 6000. The van der Waals surface area contributed by atoms with Crippen LogP contribution in [0.25, 0.3) is 116 Å². The van der Waals surface area contributed by atoms with Gasteiger partial charge in [-0.05, 0) is 184 Å². The van der Waals surface area contributed by atoms with Crippen LogP contribution in [-0.4, -0.2) is 135 Å². The predicted octanol–water partition coefficient (Wildman–Crippen LogP) is 18.0. The molecule has 8 aromatic heterocycles. The first-order valence-electron chi connectivity index (χ1n) is 35.8. The average molecular weight is 1470 g/mol. The molecule has 2 aliphatic rings. The normalized spacial score (nSPS) is 13.7. The molecule has 7 aromatic carbocycles. The van der Waals surface area contributed by atoms with Gasteiger partial charge in [0, 0.05) is 138 Å². The van der Waals surface area contributed by atoms with Gasteiger partial charge in [-0.3, -0.25) is 15.3 Å². The number of fused-ring (bicyclic) bond motifs is 6. The van der Waals surface area contributed by atoms with E-state index in [0.717, 1.165) is 166 Å². The number of methoxy groups -OCH3 is 3. The number of hydrogen-bond donors (Lipinski definition) is 6. The van der Waals surface area contributed by atoms with E-state index in [0.29, 0.717) is 31.1 Å². The van der Waals surface area contributed by atoms with Gasteiger partial charge in [-0.1, -0.05) is 52.3 Å². The van der Waals surface area contributed by atoms with E-state index in [4.69, 9.17) is 18.9 Å². The van der Waals surface area contributed by atoms with Gasteiger partial charge >= 0.3 is 17.9 Å². The molecule has 0 bridgehead atoms. The summed E-state index contributed by atoms with van der Waals surface area (Å²) in [5, 5.41) is 56.1. The summed E-state index contributed by atoms with van der Waals surface area (Å²) in [5.74, 6) is -3.79. The number of carbonyl (C=O) groups is 3. The predicted molar refractivity (Wildman–Crippen MR) is 412 cm³/mol. The molecular weight excluding hydrogens is 1390 g/mol. The minimum absolute atomic E-state index is 0.0119. The molecule has 0 amide bonds. The third kappa shape index (κ3) is 13.3. The van der Waals surface area contributed by atoms with Crippen molar-refractivity contribution in [2.45, 2.75) is 95.5 Å². The average Bonchev–Trinajstić information content (AvgIpc) is 1.58. The highest BCUT2D eigenvalue weighted by Crippen LogP contribution is 2.53. The molecule has 0 radical (unpaired) electrons. The van der Waals surface area contributed by atoms with Crippen LogP contribution in [0.2, 0.25) is 0 Å². The highest BCUT2D eigenvalue weighted by Gasteiger charge is 2.45. The van der Waals surface area contributed by atoms with E-state index in [9.17, 15) is 42.9 Å². The maximum atomic E-state index is 14.0. The van der Waals surface area contributed by atoms with Gasteiger partial charge < -0.3 is 48.0 Å². The van der Waals surface area contributed by atoms with E-state index >= 15 is 0 Å². The van der Waals surface area contributed by atoms with E-state index in [1.165, 1.54) is 48.5 Å². The van der Waals surface area contributed by atoms with E-state index in [1.807, 2.05) is 31.2 Å². The van der Waals surface area contributed by atoms with Crippen molar-refractivity contribution in [3.63, 3.8) is 0 Å². The minimum Gasteiger partial charge on any atom is -0.478 e. The number of halogens is 3. The second-order valence-corrected chi connectivity index (χ2v) is 29.3. The number of aromatic carboxylic acids is 3. The lowest BCUT2D eigenvalue weighted by atomic mass is 9.65. The molecule has 24 heteroatoms. The molecule has 15 aromatic rings. The van der Waals surface area contributed by atoms with Crippen LogP contribution in [0.15, 0.2) is 176 Å². The Morgan fingerprint density at radius 1 is 0.505 bits per heavy atom. The van der Waals surface area contributed by atoms with Crippen molar-refractivity contribution in [3.05, 3.63) is 233 Å². The standard InChI is InChI=1S/C30H29FN4O4.C28H24FN3O3.C27H25FN4O3/c1-30(2,16-38-3)27-26(21-11-12-23(29(36)37)33-28(21)39-20-5-4-6-20)22-14-24-17(15-32-34-24)13-25(22)35(27)19-9-7-18(31)8-10-19;1-35-16-28(11-2-12-28)26-25(17-3-5-18(6-4-17)27(33)34)22-14-23-19(15-30-31-23)13-24(22)32(26)21-9-7-20(29)8-10-21;1-15-19(9-10-21(30-15)26(33)34)24-20-12-22-16(13-29-31-22)11-23(20)32(18-7-5-17(28)6-8-18)25(24)27(2,3)14-35-4/h7-15,20H,4-6,16H2,1-3H3,(H,32,34)(H,36,37);3-10,13-15H,2,11-12,16H2,1H3,(H,30,31)(H,33,34);5-13H,14H2,1-4H3,(H,29,31)(H,33,34). The molecule has 109 heavy (non-hydrogen) atoms. The zero-order valence-electron chi connectivity index (χ0n) is 61.1. The number of pyridine rings is 2. The highest BCUT2D eigenvalue weighted by atomic mass is 19.1. The van der Waals surface area contributed by atoms with Gasteiger partial charge in [-0.25, -0.2) is 37.5 Å². The van der Waals surface area contributed by atoms with Crippen molar-refractivity contribution < 1.29 is 61.8 Å². The molecule has 0 unspecified atom stereocenters. The Morgan fingerprint density at radius 3 is 1.32 bits per heavy atom. The molecule has 8 heterocycles. The van der Waals surface area contributed by atoms with Crippen molar-refractivity contribution in [1.82, 2.24) is 54.3 Å². The maximum absolute atomic E-state index is 14.0. The zero-order chi connectivity index (χ0) is 76.4. The summed E-state index contributed by atoms with van der Waals surface area (Å²) >= 11 is 0. The quantitative estimate of drug-likeness (QED) is 0.0414. The fourth-order valence-corrected chi connectivity index (χ4v) is 15.8. The first-order valence-corrected chi connectivity index (χ1v) is 35.8. The van der Waals surface area contributed by atoms with Gasteiger partial charge in [0.25, 0.3) is 0 Å². The molecule has 6 N–H and O–H groups in total. The number of aromatic nitrogens is 11. The number of aromatic amines is 3. The van der Waals surface area contributed by atoms with E-state index in [1.54, 1.807) is 101 Å². The van der Waals surface area contributed by atoms with Crippen molar-refractivity contribution >= 4 is 83.3 Å². The largest absolute Gasteiger partial charge is 0.478 e. The van der Waals surface area contributed by atoms with E-state index in [-0.39, 0.29) is 51.8 Å². The van der Waals surface area contributed by atoms with Crippen LogP contribution in [0, 0.1) is 24.4 Å². The maximum Gasteiger partial charge on any atom is 0.354 e. The Balaban J connectivity index is 0.000000130. The number of hydrogen-bond acceptors (Lipinski definition) is 12. The van der Waals surface area contributed by atoms with Crippen LogP contribution < -0.4 is 4.74 Å². The van der Waals surface area contributed by atoms with Crippen molar-refractivity contribution in [2.75, 3.05) is 41.2 Å². The molecule has 17 rings (SSSR count). The molecular formula is C85H78F3N11O10. The number of aryl methyl sites for hydroxylation is 1. The fourth-order valence-electron chi connectivity index (χ4n) is 15.8.